The molecule has 0 heterocycles. The molecule has 0 unspecified atom stereocenters. The van der Waals surface area contributed by atoms with Crippen LogP contribution in [0.1, 0.15) is 1.43 Å². The second-order valence-electron chi connectivity index (χ2n) is 2.07. The van der Waals surface area contributed by atoms with Crippen LogP contribution < -0.4 is 10.5 Å². The molecule has 0 bridgehead atoms. The second kappa shape index (κ2) is 3.34. The monoisotopic (exact) mass is 179 g/mol. The fraction of sp³-hybridized carbons (Fsp3) is 0.143. The Morgan fingerprint density at radius 1 is 1.42 bits per heavy atom. The van der Waals surface area contributed by atoms with E-state index in [0.29, 0.717) is 0 Å². The third-order valence-corrected chi connectivity index (χ3v) is 1.17. The standard InChI is InChI=1S/C7H6F3NO.H2/c8-5-2-1-4(11)3-6(5)12-7(9)10;/h1-3,7H,11H2;1H. The minimum atomic E-state index is -3.04. The molecular formula is C7H8F3NO. The highest BCUT2D eigenvalue weighted by Crippen LogP contribution is 2.21. The van der Waals surface area contributed by atoms with Crippen molar-refractivity contribution in [3.8, 4) is 5.75 Å². The van der Waals surface area contributed by atoms with Crippen molar-refractivity contribution in [3.63, 3.8) is 0 Å². The number of hydrogen-bond acceptors (Lipinski definition) is 2. The summed E-state index contributed by atoms with van der Waals surface area (Å²) in [6.45, 7) is -3.04. The van der Waals surface area contributed by atoms with Crippen LogP contribution in [0.4, 0.5) is 18.9 Å². The summed E-state index contributed by atoms with van der Waals surface area (Å²) in [5, 5.41) is 0. The molecule has 0 radical (unpaired) electrons. The average molecular weight is 179 g/mol. The Balaban J connectivity index is 0.00000144. The lowest BCUT2D eigenvalue weighted by molar-refractivity contribution is -0.0521. The van der Waals surface area contributed by atoms with Crippen LogP contribution in [-0.4, -0.2) is 6.61 Å². The van der Waals surface area contributed by atoms with Crippen LogP contribution in [0.25, 0.3) is 0 Å². The van der Waals surface area contributed by atoms with Gasteiger partial charge in [-0.25, -0.2) is 4.39 Å². The molecule has 0 saturated heterocycles. The minimum absolute atomic E-state index is 0. The van der Waals surface area contributed by atoms with E-state index in [1.165, 1.54) is 6.07 Å². The number of anilines is 1. The number of halogens is 3. The molecule has 1 aromatic rings. The third kappa shape index (κ3) is 2.05. The molecule has 0 saturated carbocycles. The van der Waals surface area contributed by atoms with E-state index in [1.54, 1.807) is 0 Å². The zero-order valence-corrected chi connectivity index (χ0v) is 5.93. The van der Waals surface area contributed by atoms with E-state index in [-0.39, 0.29) is 7.11 Å². The molecule has 0 fully saturated rings. The lowest BCUT2D eigenvalue weighted by atomic mass is 10.3. The van der Waals surface area contributed by atoms with Crippen LogP contribution in [0.2, 0.25) is 0 Å². The first-order valence-corrected chi connectivity index (χ1v) is 3.09. The van der Waals surface area contributed by atoms with E-state index in [9.17, 15) is 13.2 Å². The smallest absolute Gasteiger partial charge is 0.387 e. The van der Waals surface area contributed by atoms with E-state index >= 15 is 0 Å². The number of rotatable bonds is 2. The van der Waals surface area contributed by atoms with Crippen LogP contribution in [-0.2, 0) is 0 Å². The predicted octanol–water partition coefficient (Wildman–Crippen LogP) is 2.26. The normalized spacial score (nSPS) is 10.3. The van der Waals surface area contributed by atoms with Gasteiger partial charge in [0, 0.05) is 13.2 Å². The van der Waals surface area contributed by atoms with E-state index in [4.69, 9.17) is 5.73 Å². The van der Waals surface area contributed by atoms with Gasteiger partial charge in [0.2, 0.25) is 0 Å². The molecule has 0 aliphatic heterocycles. The second-order valence-corrected chi connectivity index (χ2v) is 2.07. The molecule has 0 aliphatic rings. The first-order valence-electron chi connectivity index (χ1n) is 3.09. The van der Waals surface area contributed by atoms with Gasteiger partial charge in [-0.1, -0.05) is 0 Å². The summed E-state index contributed by atoms with van der Waals surface area (Å²) in [6.07, 6.45) is 0. The quantitative estimate of drug-likeness (QED) is 0.706. The number of ether oxygens (including phenoxy) is 1. The Bertz CT molecular complexity index is 282. The SMILES string of the molecule is Nc1ccc(F)c(OC(F)F)c1.[HH]. The number of hydrogen-bond donors (Lipinski definition) is 1. The summed E-state index contributed by atoms with van der Waals surface area (Å²) in [4.78, 5) is 0. The van der Waals surface area contributed by atoms with Gasteiger partial charge in [-0.3, -0.25) is 0 Å². The van der Waals surface area contributed by atoms with Crippen LogP contribution in [0.3, 0.4) is 0 Å². The Hall–Kier alpha value is -1.39. The summed E-state index contributed by atoms with van der Waals surface area (Å²) in [5.74, 6) is -1.39. The van der Waals surface area contributed by atoms with Crippen molar-refractivity contribution < 1.29 is 19.3 Å². The highest BCUT2D eigenvalue weighted by Gasteiger charge is 2.09. The fourth-order valence-electron chi connectivity index (χ4n) is 0.706. The molecular weight excluding hydrogens is 171 g/mol. The Morgan fingerprint density at radius 3 is 2.67 bits per heavy atom. The van der Waals surface area contributed by atoms with Crippen LogP contribution in [0.5, 0.6) is 5.75 Å². The van der Waals surface area contributed by atoms with E-state index in [2.05, 4.69) is 4.74 Å². The average Bonchev–Trinajstić information content (AvgIpc) is 1.96. The number of benzene rings is 1. The van der Waals surface area contributed by atoms with Crippen LogP contribution >= 0.6 is 0 Å². The fourth-order valence-corrected chi connectivity index (χ4v) is 0.706. The van der Waals surface area contributed by atoms with Crippen molar-refractivity contribution in [2.45, 2.75) is 6.61 Å². The van der Waals surface area contributed by atoms with Crippen molar-refractivity contribution in [2.24, 2.45) is 0 Å². The van der Waals surface area contributed by atoms with Crippen molar-refractivity contribution in [1.29, 1.82) is 0 Å². The van der Waals surface area contributed by atoms with E-state index in [0.717, 1.165) is 12.1 Å². The maximum absolute atomic E-state index is 12.6. The van der Waals surface area contributed by atoms with Gasteiger partial charge in [-0.05, 0) is 12.1 Å². The first kappa shape index (κ1) is 8.70. The topological polar surface area (TPSA) is 35.2 Å². The largest absolute Gasteiger partial charge is 0.432 e. The van der Waals surface area contributed by atoms with Gasteiger partial charge in [0.25, 0.3) is 0 Å². The van der Waals surface area contributed by atoms with Crippen LogP contribution in [0.15, 0.2) is 18.2 Å². The number of alkyl halides is 2. The number of nitrogens with two attached hydrogens (primary N) is 1. The molecule has 68 valence electrons. The van der Waals surface area contributed by atoms with Gasteiger partial charge < -0.3 is 10.5 Å². The molecule has 0 amide bonds. The zero-order chi connectivity index (χ0) is 9.14. The molecule has 12 heavy (non-hydrogen) atoms. The maximum Gasteiger partial charge on any atom is 0.387 e. The van der Waals surface area contributed by atoms with Crippen LogP contribution in [0, 0.1) is 5.82 Å². The van der Waals surface area contributed by atoms with Gasteiger partial charge in [0.05, 0.1) is 0 Å². The highest BCUT2D eigenvalue weighted by atomic mass is 19.3. The van der Waals surface area contributed by atoms with Crippen molar-refractivity contribution >= 4 is 5.69 Å². The van der Waals surface area contributed by atoms with Gasteiger partial charge >= 0.3 is 6.61 Å². The predicted molar refractivity (Wildman–Crippen MR) is 39.6 cm³/mol. The summed E-state index contributed by atoms with van der Waals surface area (Å²) >= 11 is 0. The van der Waals surface area contributed by atoms with Gasteiger partial charge in [0.1, 0.15) is 0 Å². The molecule has 2 N–H and O–H groups in total. The molecule has 0 aromatic heterocycles. The van der Waals surface area contributed by atoms with Gasteiger partial charge in [-0.15, -0.1) is 0 Å². The minimum Gasteiger partial charge on any atom is -0.432 e. The van der Waals surface area contributed by atoms with Crippen molar-refractivity contribution in [2.75, 3.05) is 5.73 Å². The van der Waals surface area contributed by atoms with Crippen molar-refractivity contribution in [1.82, 2.24) is 0 Å². The lowest BCUT2D eigenvalue weighted by Gasteiger charge is -2.05. The Morgan fingerprint density at radius 2 is 2.08 bits per heavy atom. The van der Waals surface area contributed by atoms with E-state index in [1.807, 2.05) is 0 Å². The molecule has 5 heteroatoms. The molecule has 0 spiro atoms. The Labute approximate surface area is 68.2 Å². The summed E-state index contributed by atoms with van der Waals surface area (Å²) in [7, 11) is 0. The Kier molecular flexibility index (Phi) is 2.42. The van der Waals surface area contributed by atoms with Gasteiger partial charge in [0.15, 0.2) is 11.6 Å². The lowest BCUT2D eigenvalue weighted by Crippen LogP contribution is -2.04. The zero-order valence-electron chi connectivity index (χ0n) is 5.93. The molecule has 1 aromatic carbocycles. The summed E-state index contributed by atoms with van der Waals surface area (Å²) in [5.41, 5.74) is 5.38. The third-order valence-electron chi connectivity index (χ3n) is 1.17. The summed E-state index contributed by atoms with van der Waals surface area (Å²) in [6, 6.07) is 3.22. The van der Waals surface area contributed by atoms with Gasteiger partial charge in [-0.2, -0.15) is 8.78 Å². The summed E-state index contributed by atoms with van der Waals surface area (Å²) < 4.78 is 39.7. The molecule has 0 atom stereocenters. The number of nitrogen functional groups attached to an aromatic ring is 1. The molecule has 0 aliphatic carbocycles. The maximum atomic E-state index is 12.6. The first-order chi connectivity index (χ1) is 5.59. The van der Waals surface area contributed by atoms with Crippen molar-refractivity contribution in [3.05, 3.63) is 24.0 Å². The highest BCUT2D eigenvalue weighted by molar-refractivity contribution is 5.44. The van der Waals surface area contributed by atoms with E-state index < -0.39 is 18.2 Å². The molecule has 1 rings (SSSR count). The molecule has 2 nitrogen and oxygen atoms in total.